The highest BCUT2D eigenvalue weighted by Crippen LogP contribution is 2.40. The Hall–Kier alpha value is -2.13. The number of ether oxygens (including phenoxy) is 1. The van der Waals surface area contributed by atoms with Crippen LogP contribution in [0.25, 0.3) is 0 Å². The number of methoxy groups -OCH3 is 1. The highest BCUT2D eigenvalue weighted by Gasteiger charge is 2.49. The summed E-state index contributed by atoms with van der Waals surface area (Å²) in [5, 5.41) is 0. The van der Waals surface area contributed by atoms with Crippen molar-refractivity contribution in [3.8, 4) is 0 Å². The number of benzene rings is 2. The van der Waals surface area contributed by atoms with Crippen molar-refractivity contribution in [3.05, 3.63) is 66.2 Å². The van der Waals surface area contributed by atoms with Crippen LogP contribution in [0, 0.1) is 0 Å². The minimum absolute atomic E-state index is 0.0163. The van der Waals surface area contributed by atoms with Gasteiger partial charge >= 0.3 is 0 Å². The number of carbonyl (C=O) groups excluding carboxylic acids is 1. The van der Waals surface area contributed by atoms with E-state index < -0.39 is 0 Å². The van der Waals surface area contributed by atoms with Crippen LogP contribution in [0.15, 0.2) is 60.7 Å². The highest BCUT2D eigenvalue weighted by molar-refractivity contribution is 6.05. The number of rotatable bonds is 3. The molecule has 96 valence electrons. The Morgan fingerprint density at radius 1 is 0.947 bits per heavy atom. The van der Waals surface area contributed by atoms with Crippen molar-refractivity contribution in [2.45, 2.75) is 12.1 Å². The van der Waals surface area contributed by atoms with Crippen molar-refractivity contribution < 1.29 is 9.53 Å². The number of β-lactam (4-membered cyclic amide) rings is 1. The van der Waals surface area contributed by atoms with Gasteiger partial charge in [0.2, 0.25) is 0 Å². The molecule has 0 saturated carbocycles. The van der Waals surface area contributed by atoms with E-state index in [4.69, 9.17) is 4.74 Å². The fraction of sp³-hybridized carbons (Fsp3) is 0.188. The van der Waals surface area contributed by atoms with E-state index in [2.05, 4.69) is 0 Å². The van der Waals surface area contributed by atoms with Gasteiger partial charge < -0.3 is 4.74 Å². The minimum Gasteiger partial charge on any atom is -0.369 e. The topological polar surface area (TPSA) is 29.5 Å². The second-order valence-corrected chi connectivity index (χ2v) is 4.56. The van der Waals surface area contributed by atoms with Crippen LogP contribution in [0.2, 0.25) is 0 Å². The van der Waals surface area contributed by atoms with E-state index in [1.54, 1.807) is 12.0 Å². The number of anilines is 1. The summed E-state index contributed by atoms with van der Waals surface area (Å²) in [6.45, 7) is 0. The van der Waals surface area contributed by atoms with Crippen molar-refractivity contribution in [1.82, 2.24) is 0 Å². The summed E-state index contributed by atoms with van der Waals surface area (Å²) in [5.74, 6) is 0.0163. The molecule has 3 nitrogen and oxygen atoms in total. The standard InChI is InChI=1S/C16H15NO2/c1-19-15-14(12-8-4-2-5-9-12)17(16(15)18)13-10-6-3-7-11-13/h2-11,14-15H,1H3/t14-,15-/m0/s1. The molecule has 1 amide bonds. The van der Waals surface area contributed by atoms with Gasteiger partial charge in [-0.25, -0.2) is 0 Å². The molecule has 3 rings (SSSR count). The third kappa shape index (κ3) is 1.92. The Kier molecular flexibility index (Phi) is 3.05. The van der Waals surface area contributed by atoms with Gasteiger partial charge in [-0.05, 0) is 17.7 Å². The third-order valence-corrected chi connectivity index (χ3v) is 3.48. The van der Waals surface area contributed by atoms with Gasteiger partial charge in [0.05, 0.1) is 6.04 Å². The number of carbonyl (C=O) groups is 1. The first-order valence-electron chi connectivity index (χ1n) is 6.29. The van der Waals surface area contributed by atoms with Gasteiger partial charge in [-0.3, -0.25) is 9.69 Å². The average molecular weight is 253 g/mol. The zero-order valence-electron chi connectivity index (χ0n) is 10.7. The Balaban J connectivity index is 1.98. The summed E-state index contributed by atoms with van der Waals surface area (Å²) < 4.78 is 5.33. The zero-order valence-corrected chi connectivity index (χ0v) is 10.7. The maximum Gasteiger partial charge on any atom is 0.259 e. The SMILES string of the molecule is CO[C@@H]1C(=O)N(c2ccccc2)[C@H]1c1ccccc1. The van der Waals surface area contributed by atoms with Crippen molar-refractivity contribution in [3.63, 3.8) is 0 Å². The lowest BCUT2D eigenvalue weighted by Gasteiger charge is -2.46. The van der Waals surface area contributed by atoms with Gasteiger partial charge in [0.15, 0.2) is 6.10 Å². The lowest BCUT2D eigenvalue weighted by molar-refractivity contribution is -0.139. The molecule has 0 aliphatic carbocycles. The lowest BCUT2D eigenvalue weighted by atomic mass is 9.90. The molecule has 1 saturated heterocycles. The monoisotopic (exact) mass is 253 g/mol. The van der Waals surface area contributed by atoms with Gasteiger partial charge in [-0.15, -0.1) is 0 Å². The summed E-state index contributed by atoms with van der Waals surface area (Å²) in [4.78, 5) is 14.0. The van der Waals surface area contributed by atoms with Crippen LogP contribution in [-0.2, 0) is 9.53 Å². The first-order chi connectivity index (χ1) is 9.33. The number of hydrogen-bond donors (Lipinski definition) is 0. The Morgan fingerprint density at radius 3 is 2.11 bits per heavy atom. The Labute approximate surface area is 112 Å². The van der Waals surface area contributed by atoms with Crippen LogP contribution in [0.3, 0.4) is 0 Å². The maximum absolute atomic E-state index is 12.2. The van der Waals surface area contributed by atoms with Crippen molar-refractivity contribution in [2.24, 2.45) is 0 Å². The molecular formula is C16H15NO2. The summed E-state index contributed by atoms with van der Waals surface area (Å²) >= 11 is 0. The average Bonchev–Trinajstić information content (AvgIpc) is 2.47. The van der Waals surface area contributed by atoms with Crippen LogP contribution < -0.4 is 4.90 Å². The zero-order chi connectivity index (χ0) is 13.2. The molecule has 0 bridgehead atoms. The van der Waals surface area contributed by atoms with Crippen LogP contribution in [0.5, 0.6) is 0 Å². The summed E-state index contributed by atoms with van der Waals surface area (Å²) in [6.07, 6.45) is -0.386. The highest BCUT2D eigenvalue weighted by atomic mass is 16.5. The quantitative estimate of drug-likeness (QED) is 0.787. The van der Waals surface area contributed by atoms with Crippen LogP contribution in [0.1, 0.15) is 11.6 Å². The fourth-order valence-corrected chi connectivity index (χ4v) is 2.54. The molecule has 2 aromatic carbocycles. The molecule has 1 fully saturated rings. The predicted molar refractivity (Wildman–Crippen MR) is 73.9 cm³/mol. The van der Waals surface area contributed by atoms with Gasteiger partial charge in [-0.2, -0.15) is 0 Å². The molecule has 2 atom stereocenters. The predicted octanol–water partition coefficient (Wildman–Crippen LogP) is 2.79. The van der Waals surface area contributed by atoms with Gasteiger partial charge in [0.25, 0.3) is 5.91 Å². The number of hydrogen-bond acceptors (Lipinski definition) is 2. The normalized spacial score (nSPS) is 22.2. The Morgan fingerprint density at radius 2 is 1.53 bits per heavy atom. The van der Waals surface area contributed by atoms with Gasteiger partial charge in [0.1, 0.15) is 0 Å². The molecule has 1 aliphatic heterocycles. The molecule has 1 heterocycles. The van der Waals surface area contributed by atoms with E-state index in [0.29, 0.717) is 0 Å². The molecule has 0 N–H and O–H groups in total. The second kappa shape index (κ2) is 4.86. The summed E-state index contributed by atoms with van der Waals surface area (Å²) in [5.41, 5.74) is 2.01. The third-order valence-electron chi connectivity index (χ3n) is 3.48. The molecule has 0 radical (unpaired) electrons. The molecule has 1 aliphatic rings. The van der Waals surface area contributed by atoms with Gasteiger partial charge in [0, 0.05) is 12.8 Å². The van der Waals surface area contributed by atoms with Gasteiger partial charge in [-0.1, -0.05) is 48.5 Å². The molecule has 0 spiro atoms. The van der Waals surface area contributed by atoms with Crippen molar-refractivity contribution in [2.75, 3.05) is 12.0 Å². The van der Waals surface area contributed by atoms with E-state index in [9.17, 15) is 4.79 Å². The van der Waals surface area contributed by atoms with E-state index in [1.807, 2.05) is 60.7 Å². The molecule has 3 heteroatoms. The van der Waals surface area contributed by atoms with Crippen LogP contribution in [-0.4, -0.2) is 19.1 Å². The van der Waals surface area contributed by atoms with Crippen molar-refractivity contribution in [1.29, 1.82) is 0 Å². The lowest BCUT2D eigenvalue weighted by Crippen LogP contribution is -2.59. The molecule has 0 unspecified atom stereocenters. The smallest absolute Gasteiger partial charge is 0.259 e. The number of nitrogens with zero attached hydrogens (tertiary/aromatic N) is 1. The van der Waals surface area contributed by atoms with Crippen molar-refractivity contribution >= 4 is 11.6 Å². The first kappa shape index (κ1) is 11.9. The first-order valence-corrected chi connectivity index (χ1v) is 6.29. The minimum atomic E-state index is -0.386. The maximum atomic E-state index is 12.2. The molecule has 2 aromatic rings. The number of para-hydroxylation sites is 1. The molecular weight excluding hydrogens is 238 g/mol. The second-order valence-electron chi connectivity index (χ2n) is 4.56. The summed E-state index contributed by atoms with van der Waals surface area (Å²) in [7, 11) is 1.58. The fourth-order valence-electron chi connectivity index (χ4n) is 2.54. The van der Waals surface area contributed by atoms with E-state index >= 15 is 0 Å². The van der Waals surface area contributed by atoms with E-state index in [0.717, 1.165) is 11.3 Å². The molecule has 19 heavy (non-hydrogen) atoms. The van der Waals surface area contributed by atoms with Crippen LogP contribution in [0.4, 0.5) is 5.69 Å². The van der Waals surface area contributed by atoms with E-state index in [-0.39, 0.29) is 18.1 Å². The van der Waals surface area contributed by atoms with Crippen LogP contribution >= 0.6 is 0 Å². The number of amides is 1. The summed E-state index contributed by atoms with van der Waals surface area (Å²) in [6, 6.07) is 19.6. The van der Waals surface area contributed by atoms with E-state index in [1.165, 1.54) is 0 Å². The Bertz CT molecular complexity index is 568. The molecule has 0 aromatic heterocycles. The largest absolute Gasteiger partial charge is 0.369 e.